The zero-order valence-electron chi connectivity index (χ0n) is 5.30. The van der Waals surface area contributed by atoms with E-state index in [1.54, 1.807) is 6.07 Å². The first-order chi connectivity index (χ1) is 5.09. The van der Waals surface area contributed by atoms with E-state index in [1.165, 1.54) is 11.3 Å². The van der Waals surface area contributed by atoms with Crippen molar-refractivity contribution in [3.63, 3.8) is 0 Å². The lowest BCUT2D eigenvalue weighted by atomic mass is 10.3. The van der Waals surface area contributed by atoms with E-state index in [2.05, 4.69) is 15.9 Å². The van der Waals surface area contributed by atoms with Crippen molar-refractivity contribution in [2.45, 2.75) is 6.42 Å². The summed E-state index contributed by atoms with van der Waals surface area (Å²) in [5, 5.41) is 8.42. The normalized spacial score (nSPS) is 10.0. The molecule has 60 valence electrons. The van der Waals surface area contributed by atoms with Crippen LogP contribution in [0.4, 0.5) is 0 Å². The highest BCUT2D eigenvalue weighted by Crippen LogP contribution is 2.31. The first-order valence-electron chi connectivity index (χ1n) is 2.75. The van der Waals surface area contributed by atoms with Gasteiger partial charge in [0.25, 0.3) is 0 Å². The highest BCUT2D eigenvalue weighted by molar-refractivity contribution is 9.10. The Morgan fingerprint density at radius 3 is 2.82 bits per heavy atom. The van der Waals surface area contributed by atoms with Gasteiger partial charge in [-0.15, -0.1) is 11.3 Å². The highest BCUT2D eigenvalue weighted by Gasteiger charge is 2.07. The first-order valence-corrected chi connectivity index (χ1v) is 4.74. The van der Waals surface area contributed by atoms with Gasteiger partial charge in [-0.25, -0.2) is 0 Å². The van der Waals surface area contributed by atoms with Gasteiger partial charge in [-0.05, 0) is 22.0 Å². The lowest BCUT2D eigenvalue weighted by Gasteiger charge is -1.85. The number of hydrogen-bond acceptors (Lipinski definition) is 2. The molecular weight excluding hydrogens is 251 g/mol. The summed E-state index contributed by atoms with van der Waals surface area (Å²) in [7, 11) is 0. The van der Waals surface area contributed by atoms with Gasteiger partial charge in [0.1, 0.15) is 4.34 Å². The van der Waals surface area contributed by atoms with Crippen LogP contribution in [0.2, 0.25) is 4.34 Å². The van der Waals surface area contributed by atoms with Crippen molar-refractivity contribution in [1.82, 2.24) is 0 Å². The minimum atomic E-state index is -0.838. The van der Waals surface area contributed by atoms with Gasteiger partial charge in [-0.2, -0.15) is 0 Å². The lowest BCUT2D eigenvalue weighted by molar-refractivity contribution is -0.136. The van der Waals surface area contributed by atoms with Gasteiger partial charge in [-0.3, -0.25) is 4.79 Å². The number of rotatable bonds is 2. The molecule has 0 atom stereocenters. The number of carboxylic acids is 1. The predicted octanol–water partition coefficient (Wildman–Crippen LogP) is 2.79. The van der Waals surface area contributed by atoms with Crippen molar-refractivity contribution < 1.29 is 9.90 Å². The zero-order valence-corrected chi connectivity index (χ0v) is 8.46. The summed E-state index contributed by atoms with van der Waals surface area (Å²) < 4.78 is 1.36. The summed E-state index contributed by atoms with van der Waals surface area (Å²) in [5.41, 5.74) is 0. The molecule has 1 N–H and O–H groups in total. The first kappa shape index (κ1) is 9.03. The fourth-order valence-electron chi connectivity index (χ4n) is 0.628. The van der Waals surface area contributed by atoms with Crippen molar-refractivity contribution in [3.05, 3.63) is 19.8 Å². The summed E-state index contributed by atoms with van der Waals surface area (Å²) in [4.78, 5) is 11.0. The molecule has 2 nitrogen and oxygen atoms in total. The molecule has 0 bridgehead atoms. The van der Waals surface area contributed by atoms with Crippen LogP contribution in [0.15, 0.2) is 10.5 Å². The Hall–Kier alpha value is -0.0600. The largest absolute Gasteiger partial charge is 0.481 e. The molecule has 0 aliphatic heterocycles. The van der Waals surface area contributed by atoms with Crippen LogP contribution in [0.1, 0.15) is 4.88 Å². The maximum absolute atomic E-state index is 10.2. The molecule has 0 aromatic carbocycles. The highest BCUT2D eigenvalue weighted by atomic mass is 79.9. The van der Waals surface area contributed by atoms with E-state index in [4.69, 9.17) is 16.7 Å². The van der Waals surface area contributed by atoms with Crippen LogP contribution in [0.5, 0.6) is 0 Å². The molecule has 0 amide bonds. The fourth-order valence-corrected chi connectivity index (χ4v) is 2.41. The SMILES string of the molecule is O=C(O)Cc1cc(Br)c(Cl)s1. The van der Waals surface area contributed by atoms with Gasteiger partial charge in [-0.1, -0.05) is 11.6 Å². The van der Waals surface area contributed by atoms with E-state index < -0.39 is 5.97 Å². The van der Waals surface area contributed by atoms with Crippen molar-refractivity contribution in [1.29, 1.82) is 0 Å². The third-order valence-corrected chi connectivity index (χ3v) is 3.50. The minimum absolute atomic E-state index is 0.0377. The Kier molecular flexibility index (Phi) is 2.92. The molecule has 0 radical (unpaired) electrons. The molecule has 1 rings (SSSR count). The standard InChI is InChI=1S/C6H4BrClO2S/c7-4-1-3(2-5(9)10)11-6(4)8/h1H,2H2,(H,9,10). The molecule has 0 fully saturated rings. The smallest absolute Gasteiger partial charge is 0.308 e. The summed E-state index contributed by atoms with van der Waals surface area (Å²) in [6.45, 7) is 0. The second-order valence-electron chi connectivity index (χ2n) is 1.90. The summed E-state index contributed by atoms with van der Waals surface area (Å²) >= 11 is 10.2. The van der Waals surface area contributed by atoms with Gasteiger partial charge in [0.15, 0.2) is 0 Å². The van der Waals surface area contributed by atoms with Gasteiger partial charge < -0.3 is 5.11 Å². The van der Waals surface area contributed by atoms with Crippen LogP contribution in [0.25, 0.3) is 0 Å². The second kappa shape index (κ2) is 3.56. The minimum Gasteiger partial charge on any atom is -0.481 e. The van der Waals surface area contributed by atoms with Crippen molar-refractivity contribution in [2.24, 2.45) is 0 Å². The third kappa shape index (κ3) is 2.47. The van der Waals surface area contributed by atoms with Crippen LogP contribution < -0.4 is 0 Å². The van der Waals surface area contributed by atoms with Crippen LogP contribution >= 0.6 is 38.9 Å². The summed E-state index contributed by atoms with van der Waals surface area (Å²) in [6.07, 6.45) is 0.0377. The maximum atomic E-state index is 10.2. The Labute approximate surface area is 80.9 Å². The maximum Gasteiger partial charge on any atom is 0.308 e. The molecule has 1 aromatic heterocycles. The van der Waals surface area contributed by atoms with Crippen LogP contribution in [-0.4, -0.2) is 11.1 Å². The van der Waals surface area contributed by atoms with E-state index in [-0.39, 0.29) is 6.42 Å². The summed E-state index contributed by atoms with van der Waals surface area (Å²) in [5.74, 6) is -0.838. The Balaban J connectivity index is 2.81. The predicted molar refractivity (Wildman–Crippen MR) is 48.4 cm³/mol. The number of thiophene rings is 1. The topological polar surface area (TPSA) is 37.3 Å². The molecule has 0 spiro atoms. The van der Waals surface area contributed by atoms with Gasteiger partial charge in [0.05, 0.1) is 6.42 Å². The third-order valence-electron chi connectivity index (χ3n) is 1.02. The zero-order chi connectivity index (χ0) is 8.43. The Bertz CT molecular complexity index is 265. The average Bonchev–Trinajstić information content (AvgIpc) is 2.10. The molecule has 0 aliphatic carbocycles. The average molecular weight is 256 g/mol. The lowest BCUT2D eigenvalue weighted by Crippen LogP contribution is -1.96. The number of halogens is 2. The monoisotopic (exact) mass is 254 g/mol. The van der Waals surface area contributed by atoms with Crippen LogP contribution in [0, 0.1) is 0 Å². The van der Waals surface area contributed by atoms with E-state index >= 15 is 0 Å². The van der Waals surface area contributed by atoms with Gasteiger partial charge in [0, 0.05) is 9.35 Å². The molecule has 0 saturated heterocycles. The van der Waals surface area contributed by atoms with E-state index in [0.29, 0.717) is 4.34 Å². The molecule has 0 saturated carbocycles. The molecule has 1 heterocycles. The Morgan fingerprint density at radius 2 is 2.45 bits per heavy atom. The second-order valence-corrected chi connectivity index (χ2v) is 4.50. The fraction of sp³-hybridized carbons (Fsp3) is 0.167. The molecule has 5 heteroatoms. The van der Waals surface area contributed by atoms with Crippen LogP contribution in [-0.2, 0) is 11.2 Å². The summed E-state index contributed by atoms with van der Waals surface area (Å²) in [6, 6.07) is 1.72. The number of aliphatic carboxylic acids is 1. The van der Waals surface area contributed by atoms with Crippen molar-refractivity contribution in [2.75, 3.05) is 0 Å². The van der Waals surface area contributed by atoms with Gasteiger partial charge >= 0.3 is 5.97 Å². The van der Waals surface area contributed by atoms with Crippen LogP contribution in [0.3, 0.4) is 0 Å². The number of carbonyl (C=O) groups is 1. The van der Waals surface area contributed by atoms with Gasteiger partial charge in [0.2, 0.25) is 0 Å². The van der Waals surface area contributed by atoms with Crippen molar-refractivity contribution in [3.8, 4) is 0 Å². The number of carboxylic acid groups (broad SMARTS) is 1. The van der Waals surface area contributed by atoms with E-state index in [9.17, 15) is 4.79 Å². The molecule has 0 aliphatic rings. The van der Waals surface area contributed by atoms with E-state index in [0.717, 1.165) is 9.35 Å². The molecule has 11 heavy (non-hydrogen) atoms. The number of hydrogen-bond donors (Lipinski definition) is 1. The van der Waals surface area contributed by atoms with E-state index in [1.807, 2.05) is 0 Å². The Morgan fingerprint density at radius 1 is 1.82 bits per heavy atom. The van der Waals surface area contributed by atoms with Crippen molar-refractivity contribution >= 4 is 44.8 Å². The quantitative estimate of drug-likeness (QED) is 0.882. The molecule has 1 aromatic rings. The molecule has 0 unspecified atom stereocenters. The molecular formula is C6H4BrClO2S.